The Morgan fingerprint density at radius 1 is 1.00 bits per heavy atom. The zero-order chi connectivity index (χ0) is 19.5. The molecule has 0 saturated carbocycles. The number of aryl methyl sites for hydroxylation is 1. The number of nitrogens with one attached hydrogen (secondary N) is 1. The highest BCUT2D eigenvalue weighted by atomic mass is 15.4. The number of pyridine rings is 2. The molecule has 28 heavy (non-hydrogen) atoms. The summed E-state index contributed by atoms with van der Waals surface area (Å²) in [7, 11) is 0. The third-order valence-electron chi connectivity index (χ3n) is 4.22. The SMILES string of the molecule is Cc1cccc(Nc2cnc(N)c(N(N)Cc3ccc4ncccc4c3)n2)n1. The predicted octanol–water partition coefficient (Wildman–Crippen LogP) is 2.93. The molecule has 0 aliphatic carbocycles. The van der Waals surface area contributed by atoms with E-state index >= 15 is 0 Å². The third-order valence-corrected chi connectivity index (χ3v) is 4.22. The molecule has 0 bridgehead atoms. The molecule has 4 aromatic rings. The maximum Gasteiger partial charge on any atom is 0.188 e. The van der Waals surface area contributed by atoms with E-state index in [4.69, 9.17) is 11.6 Å². The summed E-state index contributed by atoms with van der Waals surface area (Å²) in [5, 5.41) is 5.65. The second kappa shape index (κ2) is 7.45. The minimum absolute atomic E-state index is 0.257. The van der Waals surface area contributed by atoms with Crippen LogP contribution < -0.4 is 21.9 Å². The lowest BCUT2D eigenvalue weighted by molar-refractivity contribution is 0.831. The zero-order valence-electron chi connectivity index (χ0n) is 15.4. The number of hydrazine groups is 1. The van der Waals surface area contributed by atoms with E-state index < -0.39 is 0 Å². The predicted molar refractivity (Wildman–Crippen MR) is 111 cm³/mol. The molecule has 140 valence electrons. The fourth-order valence-corrected chi connectivity index (χ4v) is 2.90. The van der Waals surface area contributed by atoms with Gasteiger partial charge in [0.1, 0.15) is 5.82 Å². The molecule has 3 aromatic heterocycles. The Bertz CT molecular complexity index is 1130. The third kappa shape index (κ3) is 3.81. The van der Waals surface area contributed by atoms with Crippen molar-refractivity contribution < 1.29 is 0 Å². The maximum absolute atomic E-state index is 6.25. The fraction of sp³-hybridized carbons (Fsp3) is 0.100. The van der Waals surface area contributed by atoms with Gasteiger partial charge in [0.15, 0.2) is 17.5 Å². The molecule has 0 spiro atoms. The quantitative estimate of drug-likeness (QED) is 0.361. The van der Waals surface area contributed by atoms with Gasteiger partial charge < -0.3 is 11.1 Å². The Morgan fingerprint density at radius 2 is 1.89 bits per heavy atom. The lowest BCUT2D eigenvalue weighted by atomic mass is 10.1. The minimum Gasteiger partial charge on any atom is -0.381 e. The zero-order valence-corrected chi connectivity index (χ0v) is 15.4. The lowest BCUT2D eigenvalue weighted by Crippen LogP contribution is -2.32. The van der Waals surface area contributed by atoms with Crippen LogP contribution in [0.4, 0.5) is 23.3 Å². The number of hydrogen-bond donors (Lipinski definition) is 3. The number of anilines is 4. The summed E-state index contributed by atoms with van der Waals surface area (Å²) < 4.78 is 0. The van der Waals surface area contributed by atoms with Gasteiger partial charge in [0.25, 0.3) is 0 Å². The van der Waals surface area contributed by atoms with E-state index in [-0.39, 0.29) is 5.82 Å². The molecule has 0 fully saturated rings. The van der Waals surface area contributed by atoms with Crippen LogP contribution in [0.15, 0.2) is 60.9 Å². The molecule has 0 amide bonds. The van der Waals surface area contributed by atoms with Crippen LogP contribution in [-0.2, 0) is 6.54 Å². The number of rotatable bonds is 5. The summed E-state index contributed by atoms with van der Waals surface area (Å²) in [5.74, 6) is 8.09. The highest BCUT2D eigenvalue weighted by molar-refractivity contribution is 5.79. The first kappa shape index (κ1) is 17.6. The molecule has 3 heterocycles. The number of aromatic nitrogens is 4. The van der Waals surface area contributed by atoms with Crippen LogP contribution in [0, 0.1) is 6.92 Å². The van der Waals surface area contributed by atoms with E-state index in [1.165, 1.54) is 5.01 Å². The summed E-state index contributed by atoms with van der Waals surface area (Å²) in [6.07, 6.45) is 3.33. The molecule has 0 radical (unpaired) electrons. The van der Waals surface area contributed by atoms with Gasteiger partial charge in [-0.15, -0.1) is 0 Å². The van der Waals surface area contributed by atoms with Crippen LogP contribution in [0.5, 0.6) is 0 Å². The molecule has 8 heteroatoms. The topological polar surface area (TPSA) is 119 Å². The first-order chi connectivity index (χ1) is 13.6. The van der Waals surface area contributed by atoms with E-state index in [9.17, 15) is 0 Å². The normalized spacial score (nSPS) is 10.8. The molecule has 0 aliphatic rings. The number of benzene rings is 1. The smallest absolute Gasteiger partial charge is 0.188 e. The van der Waals surface area contributed by atoms with Crippen molar-refractivity contribution in [1.29, 1.82) is 0 Å². The molecular weight excluding hydrogens is 352 g/mol. The van der Waals surface area contributed by atoms with Crippen molar-refractivity contribution in [2.24, 2.45) is 5.84 Å². The van der Waals surface area contributed by atoms with E-state index in [0.29, 0.717) is 24.0 Å². The number of nitrogens with zero attached hydrogens (tertiary/aromatic N) is 5. The Kier molecular flexibility index (Phi) is 4.69. The van der Waals surface area contributed by atoms with Crippen LogP contribution in [0.3, 0.4) is 0 Å². The summed E-state index contributed by atoms with van der Waals surface area (Å²) >= 11 is 0. The van der Waals surface area contributed by atoms with Gasteiger partial charge in [-0.1, -0.05) is 18.2 Å². The van der Waals surface area contributed by atoms with Crippen LogP contribution >= 0.6 is 0 Å². The van der Waals surface area contributed by atoms with Crippen molar-refractivity contribution in [1.82, 2.24) is 19.9 Å². The van der Waals surface area contributed by atoms with E-state index in [1.54, 1.807) is 12.4 Å². The van der Waals surface area contributed by atoms with Gasteiger partial charge in [-0.05, 0) is 42.8 Å². The molecule has 0 saturated heterocycles. The molecule has 4 rings (SSSR count). The molecular formula is C20H20N8. The molecule has 0 aliphatic heterocycles. The molecule has 1 aromatic carbocycles. The Morgan fingerprint density at radius 3 is 2.75 bits per heavy atom. The van der Waals surface area contributed by atoms with Crippen molar-refractivity contribution in [3.8, 4) is 0 Å². The largest absolute Gasteiger partial charge is 0.381 e. The van der Waals surface area contributed by atoms with E-state index in [0.717, 1.165) is 22.2 Å². The number of nitrogens with two attached hydrogens (primary N) is 2. The molecule has 0 unspecified atom stereocenters. The van der Waals surface area contributed by atoms with Crippen LogP contribution in [0.25, 0.3) is 10.9 Å². The Balaban J connectivity index is 1.56. The van der Waals surface area contributed by atoms with Crippen LogP contribution in [-0.4, -0.2) is 19.9 Å². The first-order valence-electron chi connectivity index (χ1n) is 8.77. The average Bonchev–Trinajstić information content (AvgIpc) is 2.69. The summed E-state index contributed by atoms with van der Waals surface area (Å²) in [5.41, 5.74) is 8.86. The lowest BCUT2D eigenvalue weighted by Gasteiger charge is -2.20. The fourth-order valence-electron chi connectivity index (χ4n) is 2.90. The minimum atomic E-state index is 0.257. The molecule has 0 atom stereocenters. The molecule has 5 N–H and O–H groups in total. The van der Waals surface area contributed by atoms with Crippen molar-refractivity contribution >= 4 is 34.2 Å². The first-order valence-corrected chi connectivity index (χ1v) is 8.77. The van der Waals surface area contributed by atoms with Gasteiger partial charge in [0.05, 0.1) is 18.3 Å². The van der Waals surface area contributed by atoms with Crippen LogP contribution in [0.1, 0.15) is 11.3 Å². The Labute approximate surface area is 162 Å². The van der Waals surface area contributed by atoms with Crippen molar-refractivity contribution in [2.45, 2.75) is 13.5 Å². The number of nitrogen functional groups attached to an aromatic ring is 1. The monoisotopic (exact) mass is 372 g/mol. The van der Waals surface area contributed by atoms with Gasteiger partial charge in [-0.2, -0.15) is 0 Å². The average molecular weight is 372 g/mol. The van der Waals surface area contributed by atoms with E-state index in [2.05, 4.69) is 25.3 Å². The summed E-state index contributed by atoms with van der Waals surface area (Å²) in [6.45, 7) is 2.35. The van der Waals surface area contributed by atoms with E-state index in [1.807, 2.05) is 55.5 Å². The second-order valence-corrected chi connectivity index (χ2v) is 6.41. The summed E-state index contributed by atoms with van der Waals surface area (Å²) in [4.78, 5) is 17.4. The highest BCUT2D eigenvalue weighted by Gasteiger charge is 2.12. The van der Waals surface area contributed by atoms with Crippen molar-refractivity contribution in [2.75, 3.05) is 16.1 Å². The number of hydrogen-bond acceptors (Lipinski definition) is 8. The van der Waals surface area contributed by atoms with Gasteiger partial charge in [0.2, 0.25) is 0 Å². The number of fused-ring (bicyclic) bond motifs is 1. The second-order valence-electron chi connectivity index (χ2n) is 6.41. The van der Waals surface area contributed by atoms with Crippen LogP contribution in [0.2, 0.25) is 0 Å². The highest BCUT2D eigenvalue weighted by Crippen LogP contribution is 2.22. The van der Waals surface area contributed by atoms with Crippen molar-refractivity contribution in [3.63, 3.8) is 0 Å². The van der Waals surface area contributed by atoms with Gasteiger partial charge in [-0.3, -0.25) is 9.99 Å². The summed E-state index contributed by atoms with van der Waals surface area (Å²) in [6, 6.07) is 15.6. The maximum atomic E-state index is 6.25. The standard InChI is InChI=1S/C20H20N8/c1-13-4-2-6-17(25-13)26-18-11-24-19(21)20(27-18)28(22)12-14-7-8-16-15(10-14)5-3-9-23-16/h2-11H,12,22H2,1H3,(H2,21,24)(H,25,26,27). The van der Waals surface area contributed by atoms with Gasteiger partial charge in [-0.25, -0.2) is 20.8 Å². The molecule has 8 nitrogen and oxygen atoms in total. The van der Waals surface area contributed by atoms with Gasteiger partial charge in [0, 0.05) is 17.3 Å². The van der Waals surface area contributed by atoms with Crippen molar-refractivity contribution in [3.05, 3.63) is 72.2 Å². The van der Waals surface area contributed by atoms with Gasteiger partial charge >= 0.3 is 0 Å². The Hall–Kier alpha value is -3.78.